The second-order valence-corrected chi connectivity index (χ2v) is 4.29. The average Bonchev–Trinajstić information content (AvgIpc) is 2.49. The number of hydrogen-bond acceptors (Lipinski definition) is 2. The maximum Gasteiger partial charge on any atom is 0.127 e. The highest BCUT2D eigenvalue weighted by Gasteiger charge is 2.12. The number of benzene rings is 2. The van der Waals surface area contributed by atoms with Crippen LogP contribution in [0.5, 0.6) is 5.75 Å². The van der Waals surface area contributed by atoms with Gasteiger partial charge in [-0.25, -0.2) is 0 Å². The third kappa shape index (κ3) is 3.41. The minimum absolute atomic E-state index is 0. The molecule has 1 aromatic heterocycles. The molecule has 108 valence electrons. The second kappa shape index (κ2) is 7.46. The van der Waals surface area contributed by atoms with Crippen molar-refractivity contribution < 1.29 is 5.11 Å². The fraction of sp³-hybridized carbons (Fsp3) is 0.0556. The van der Waals surface area contributed by atoms with Crippen molar-refractivity contribution in [2.24, 2.45) is 0 Å². The Morgan fingerprint density at radius 2 is 1.24 bits per heavy atom. The number of pyridine rings is 1. The summed E-state index contributed by atoms with van der Waals surface area (Å²) in [5.74, 6) is 0.250. The molecule has 21 heavy (non-hydrogen) atoms. The summed E-state index contributed by atoms with van der Waals surface area (Å²) in [6.45, 7) is 0. The van der Waals surface area contributed by atoms with Gasteiger partial charge in [-0.2, -0.15) is 0 Å². The highest BCUT2D eigenvalue weighted by Crippen LogP contribution is 2.36. The number of hydrogen-bond donors (Lipinski definition) is 1. The lowest BCUT2D eigenvalue weighted by atomic mass is 9.98. The smallest absolute Gasteiger partial charge is 0.127 e. The van der Waals surface area contributed by atoms with E-state index in [1.54, 1.807) is 12.3 Å². The van der Waals surface area contributed by atoms with Gasteiger partial charge in [0.2, 0.25) is 0 Å². The summed E-state index contributed by atoms with van der Waals surface area (Å²) in [6.07, 6.45) is 1.63. The molecular weight excluding hydrogens is 282 g/mol. The first-order chi connectivity index (χ1) is 9.36. The first-order valence-electron chi connectivity index (χ1n) is 6.15. The van der Waals surface area contributed by atoms with Gasteiger partial charge in [0.25, 0.3) is 0 Å². The largest absolute Gasteiger partial charge is 0.507 e. The number of halogens is 1. The Balaban J connectivity index is 0.00000110. The lowest BCUT2D eigenvalue weighted by molar-refractivity contribution is 0.477. The van der Waals surface area contributed by atoms with E-state index in [0.29, 0.717) is 0 Å². The Bertz CT molecular complexity index is 684. The van der Waals surface area contributed by atoms with E-state index >= 15 is 0 Å². The van der Waals surface area contributed by atoms with E-state index in [9.17, 15) is 5.11 Å². The zero-order valence-corrected chi connectivity index (χ0v) is 11.5. The van der Waals surface area contributed by atoms with Crippen molar-refractivity contribution in [3.8, 4) is 28.1 Å². The van der Waals surface area contributed by atoms with Crippen molar-refractivity contribution in [3.05, 3.63) is 72.9 Å². The number of nitrogens with zero attached hydrogens (tertiary/aromatic N) is 1. The first kappa shape index (κ1) is 16.7. The van der Waals surface area contributed by atoms with E-state index in [0.717, 1.165) is 22.4 Å². The summed E-state index contributed by atoms with van der Waals surface area (Å²) in [5, 5.41) is 10.2. The molecule has 0 radical (unpaired) electrons. The average molecular weight is 300 g/mol. The molecule has 0 saturated heterocycles. The molecule has 0 aliphatic heterocycles. The molecule has 3 heteroatoms. The van der Waals surface area contributed by atoms with Gasteiger partial charge >= 0.3 is 0 Å². The van der Waals surface area contributed by atoms with Crippen LogP contribution in [0.25, 0.3) is 22.4 Å². The minimum atomic E-state index is 0. The summed E-state index contributed by atoms with van der Waals surface area (Å²) in [7, 11) is 0. The SMILES string of the molecule is C.Cl.Oc1ccnc(-c2ccccc2)c1-c1ccccc1. The molecule has 0 saturated carbocycles. The normalized spacial score (nSPS) is 9.33. The van der Waals surface area contributed by atoms with Crippen LogP contribution in [0.4, 0.5) is 0 Å². The molecule has 0 aliphatic carbocycles. The van der Waals surface area contributed by atoms with Crippen LogP contribution in [0.15, 0.2) is 72.9 Å². The monoisotopic (exact) mass is 299 g/mol. The van der Waals surface area contributed by atoms with Crippen molar-refractivity contribution in [2.75, 3.05) is 0 Å². The predicted octanol–water partition coefficient (Wildman–Crippen LogP) is 5.18. The fourth-order valence-corrected chi connectivity index (χ4v) is 2.16. The Morgan fingerprint density at radius 1 is 0.714 bits per heavy atom. The Labute approximate surface area is 131 Å². The summed E-state index contributed by atoms with van der Waals surface area (Å²) in [6, 6.07) is 21.3. The molecule has 0 spiro atoms. The number of aromatic nitrogens is 1. The lowest BCUT2D eigenvalue weighted by Crippen LogP contribution is -1.89. The van der Waals surface area contributed by atoms with Gasteiger partial charge in [-0.1, -0.05) is 68.1 Å². The van der Waals surface area contributed by atoms with Gasteiger partial charge in [0, 0.05) is 17.3 Å². The van der Waals surface area contributed by atoms with Gasteiger partial charge in [-0.05, 0) is 11.6 Å². The van der Waals surface area contributed by atoms with Crippen molar-refractivity contribution in [1.82, 2.24) is 4.98 Å². The van der Waals surface area contributed by atoms with Crippen molar-refractivity contribution in [3.63, 3.8) is 0 Å². The quantitative estimate of drug-likeness (QED) is 0.707. The van der Waals surface area contributed by atoms with Gasteiger partial charge in [-0.15, -0.1) is 12.4 Å². The first-order valence-corrected chi connectivity index (χ1v) is 6.15. The summed E-state index contributed by atoms with van der Waals surface area (Å²) >= 11 is 0. The Morgan fingerprint density at radius 3 is 1.81 bits per heavy atom. The molecule has 0 fully saturated rings. The molecule has 1 heterocycles. The maximum absolute atomic E-state index is 10.2. The van der Waals surface area contributed by atoms with Crippen molar-refractivity contribution in [1.29, 1.82) is 0 Å². The van der Waals surface area contributed by atoms with Crippen LogP contribution in [0.3, 0.4) is 0 Å². The third-order valence-corrected chi connectivity index (χ3v) is 3.04. The molecule has 2 nitrogen and oxygen atoms in total. The molecule has 2 aromatic carbocycles. The Kier molecular flexibility index (Phi) is 5.94. The van der Waals surface area contributed by atoms with Gasteiger partial charge in [0.05, 0.1) is 5.69 Å². The minimum Gasteiger partial charge on any atom is -0.507 e. The van der Waals surface area contributed by atoms with Crippen LogP contribution in [0.2, 0.25) is 0 Å². The van der Waals surface area contributed by atoms with E-state index in [-0.39, 0.29) is 25.6 Å². The van der Waals surface area contributed by atoms with Gasteiger partial charge in [-0.3, -0.25) is 4.98 Å². The molecule has 0 amide bonds. The van der Waals surface area contributed by atoms with Gasteiger partial charge in [0.15, 0.2) is 0 Å². The molecule has 0 bridgehead atoms. The molecule has 0 atom stereocenters. The fourth-order valence-electron chi connectivity index (χ4n) is 2.16. The standard InChI is InChI=1S/C17H13NO.CH4.ClH/c19-15-11-12-18-17(14-9-5-2-6-10-14)16(15)13-7-3-1-4-8-13;;/h1-12H,(H,18,19);1H4;1H. The molecule has 3 rings (SSSR count). The van der Waals surface area contributed by atoms with Gasteiger partial charge in [0.1, 0.15) is 5.75 Å². The highest BCUT2D eigenvalue weighted by atomic mass is 35.5. The van der Waals surface area contributed by atoms with Crippen molar-refractivity contribution in [2.45, 2.75) is 7.43 Å². The van der Waals surface area contributed by atoms with E-state index in [1.807, 2.05) is 60.7 Å². The molecule has 3 aromatic rings. The zero-order chi connectivity index (χ0) is 13.1. The van der Waals surface area contributed by atoms with Crippen LogP contribution in [-0.2, 0) is 0 Å². The molecular formula is C18H18ClNO. The molecule has 1 N–H and O–H groups in total. The Hall–Kier alpha value is -2.32. The topological polar surface area (TPSA) is 33.1 Å². The summed E-state index contributed by atoms with van der Waals surface area (Å²) in [4.78, 5) is 4.43. The van der Waals surface area contributed by atoms with Crippen LogP contribution in [0.1, 0.15) is 7.43 Å². The zero-order valence-electron chi connectivity index (χ0n) is 10.7. The maximum atomic E-state index is 10.2. The molecule has 0 unspecified atom stereocenters. The summed E-state index contributed by atoms with van der Waals surface area (Å²) < 4.78 is 0. The molecule has 0 aliphatic rings. The van der Waals surface area contributed by atoms with Crippen LogP contribution < -0.4 is 0 Å². The predicted molar refractivity (Wildman–Crippen MR) is 90.8 cm³/mol. The van der Waals surface area contributed by atoms with Crippen LogP contribution in [-0.4, -0.2) is 10.1 Å². The van der Waals surface area contributed by atoms with Crippen LogP contribution >= 0.6 is 12.4 Å². The van der Waals surface area contributed by atoms with E-state index in [4.69, 9.17) is 0 Å². The number of aromatic hydroxyl groups is 1. The van der Waals surface area contributed by atoms with E-state index in [2.05, 4.69) is 4.98 Å². The third-order valence-electron chi connectivity index (χ3n) is 3.04. The number of rotatable bonds is 2. The van der Waals surface area contributed by atoms with Gasteiger partial charge < -0.3 is 5.11 Å². The highest BCUT2D eigenvalue weighted by molar-refractivity contribution is 5.85. The second-order valence-electron chi connectivity index (χ2n) is 4.29. The lowest BCUT2D eigenvalue weighted by Gasteiger charge is -2.10. The van der Waals surface area contributed by atoms with E-state index in [1.165, 1.54) is 0 Å². The summed E-state index contributed by atoms with van der Waals surface area (Å²) in [5.41, 5.74) is 3.53. The van der Waals surface area contributed by atoms with Crippen LogP contribution in [0, 0.1) is 0 Å². The van der Waals surface area contributed by atoms with E-state index < -0.39 is 0 Å². The van der Waals surface area contributed by atoms with Crippen molar-refractivity contribution >= 4 is 12.4 Å².